The van der Waals surface area contributed by atoms with Gasteiger partial charge in [-0.15, -0.1) is 0 Å². The summed E-state index contributed by atoms with van der Waals surface area (Å²) in [7, 11) is -3.76. The summed E-state index contributed by atoms with van der Waals surface area (Å²) in [6.45, 7) is 13.0. The molecule has 1 unspecified atom stereocenters. The van der Waals surface area contributed by atoms with E-state index < -0.39 is 34.1 Å². The van der Waals surface area contributed by atoms with Crippen LogP contribution in [0.5, 0.6) is 0 Å². The van der Waals surface area contributed by atoms with E-state index in [1.165, 1.54) is 4.90 Å². The first kappa shape index (κ1) is 28.4. The molecule has 0 aliphatic heterocycles. The number of nitrogens with zero attached hydrogens (tertiary/aromatic N) is 2. The van der Waals surface area contributed by atoms with Gasteiger partial charge in [-0.3, -0.25) is 13.9 Å². The van der Waals surface area contributed by atoms with E-state index in [1.54, 1.807) is 12.1 Å². The van der Waals surface area contributed by atoms with Gasteiger partial charge in [-0.1, -0.05) is 43.3 Å². The first-order valence-electron chi connectivity index (χ1n) is 11.9. The second-order valence-corrected chi connectivity index (χ2v) is 12.0. The van der Waals surface area contributed by atoms with Crippen LogP contribution in [0, 0.1) is 20.8 Å². The van der Waals surface area contributed by atoms with Gasteiger partial charge in [0.1, 0.15) is 12.6 Å². The summed E-state index contributed by atoms with van der Waals surface area (Å²) >= 11 is 0. The van der Waals surface area contributed by atoms with E-state index in [0.29, 0.717) is 12.1 Å². The Labute approximate surface area is 210 Å². The average molecular weight is 502 g/mol. The number of benzene rings is 2. The lowest BCUT2D eigenvalue weighted by Crippen LogP contribution is -2.55. The number of sulfonamides is 1. The normalized spacial score (nSPS) is 12.7. The molecule has 192 valence electrons. The molecule has 1 atom stereocenters. The zero-order chi connectivity index (χ0) is 26.6. The summed E-state index contributed by atoms with van der Waals surface area (Å²) in [4.78, 5) is 28.5. The Morgan fingerprint density at radius 1 is 0.971 bits per heavy atom. The Morgan fingerprint density at radius 2 is 1.57 bits per heavy atom. The van der Waals surface area contributed by atoms with Crippen molar-refractivity contribution in [1.82, 2.24) is 10.2 Å². The fourth-order valence-corrected chi connectivity index (χ4v) is 4.84. The average Bonchev–Trinajstić information content (AvgIpc) is 2.73. The molecule has 1 N–H and O–H groups in total. The molecular weight excluding hydrogens is 462 g/mol. The Hall–Kier alpha value is -2.87. The Kier molecular flexibility index (Phi) is 9.11. The number of aryl methyl sites for hydroxylation is 2. The molecule has 0 spiro atoms. The molecule has 0 aliphatic rings. The highest BCUT2D eigenvalue weighted by atomic mass is 32.2. The molecule has 0 heterocycles. The SMILES string of the molecule is CCC(C(=O)NC(C)(C)C)N(Cc1ccccc1C)C(=O)CN(c1cccc(C)c1C)S(C)(=O)=O. The van der Waals surface area contributed by atoms with Crippen molar-refractivity contribution >= 4 is 27.5 Å². The third-order valence-corrected chi connectivity index (χ3v) is 7.14. The number of carbonyl (C=O) groups is 2. The molecular formula is C27H39N3O4S. The first-order chi connectivity index (χ1) is 16.2. The van der Waals surface area contributed by atoms with Gasteiger partial charge in [-0.2, -0.15) is 0 Å². The minimum atomic E-state index is -3.76. The van der Waals surface area contributed by atoms with E-state index in [-0.39, 0.29) is 12.5 Å². The number of amides is 2. The summed E-state index contributed by atoms with van der Waals surface area (Å²) in [6, 6.07) is 12.3. The fraction of sp³-hybridized carbons (Fsp3) is 0.481. The predicted octanol–water partition coefficient (Wildman–Crippen LogP) is 4.10. The van der Waals surface area contributed by atoms with Crippen LogP contribution < -0.4 is 9.62 Å². The van der Waals surface area contributed by atoms with Gasteiger partial charge in [0, 0.05) is 12.1 Å². The summed E-state index contributed by atoms with van der Waals surface area (Å²) in [5.74, 6) is -0.699. The minimum absolute atomic E-state index is 0.200. The van der Waals surface area contributed by atoms with Crippen molar-refractivity contribution in [2.75, 3.05) is 17.1 Å². The van der Waals surface area contributed by atoms with Crippen molar-refractivity contribution in [2.24, 2.45) is 0 Å². The van der Waals surface area contributed by atoms with Crippen molar-refractivity contribution in [3.8, 4) is 0 Å². The Morgan fingerprint density at radius 3 is 2.11 bits per heavy atom. The summed E-state index contributed by atoms with van der Waals surface area (Å²) in [5.41, 5.74) is 3.60. The largest absolute Gasteiger partial charge is 0.350 e. The molecule has 0 saturated heterocycles. The van der Waals surface area contributed by atoms with E-state index >= 15 is 0 Å². The van der Waals surface area contributed by atoms with Crippen molar-refractivity contribution in [1.29, 1.82) is 0 Å². The summed E-state index contributed by atoms with van der Waals surface area (Å²) in [6.07, 6.45) is 1.49. The van der Waals surface area contributed by atoms with Crippen molar-refractivity contribution in [3.63, 3.8) is 0 Å². The predicted molar refractivity (Wildman–Crippen MR) is 142 cm³/mol. The van der Waals surface area contributed by atoms with Crippen LogP contribution in [0.2, 0.25) is 0 Å². The quantitative estimate of drug-likeness (QED) is 0.560. The van der Waals surface area contributed by atoms with Gasteiger partial charge in [0.2, 0.25) is 21.8 Å². The van der Waals surface area contributed by atoms with Crippen LogP contribution in [0.4, 0.5) is 5.69 Å². The molecule has 2 aromatic rings. The maximum absolute atomic E-state index is 13.8. The van der Waals surface area contributed by atoms with Crippen molar-refractivity contribution in [3.05, 3.63) is 64.7 Å². The van der Waals surface area contributed by atoms with Gasteiger partial charge in [-0.05, 0) is 76.3 Å². The van der Waals surface area contributed by atoms with Crippen LogP contribution in [0.25, 0.3) is 0 Å². The minimum Gasteiger partial charge on any atom is -0.350 e. The lowest BCUT2D eigenvalue weighted by atomic mass is 10.0. The molecule has 0 radical (unpaired) electrons. The molecule has 0 bridgehead atoms. The molecule has 2 aromatic carbocycles. The molecule has 2 rings (SSSR count). The number of rotatable bonds is 9. The number of hydrogen-bond donors (Lipinski definition) is 1. The molecule has 0 saturated carbocycles. The molecule has 0 aliphatic carbocycles. The van der Waals surface area contributed by atoms with Gasteiger partial charge < -0.3 is 10.2 Å². The summed E-state index contributed by atoms with van der Waals surface area (Å²) in [5, 5.41) is 2.97. The zero-order valence-corrected chi connectivity index (χ0v) is 23.0. The third kappa shape index (κ3) is 7.56. The summed E-state index contributed by atoms with van der Waals surface area (Å²) < 4.78 is 26.7. The second kappa shape index (κ2) is 11.2. The highest BCUT2D eigenvalue weighted by molar-refractivity contribution is 7.92. The first-order valence-corrected chi connectivity index (χ1v) is 13.7. The smallest absolute Gasteiger partial charge is 0.244 e. The topological polar surface area (TPSA) is 86.8 Å². The second-order valence-electron chi connectivity index (χ2n) is 10.1. The number of nitrogens with one attached hydrogen (secondary N) is 1. The highest BCUT2D eigenvalue weighted by Crippen LogP contribution is 2.26. The zero-order valence-electron chi connectivity index (χ0n) is 22.2. The Balaban J connectivity index is 2.52. The van der Waals surface area contributed by atoms with Crippen LogP contribution in [0.15, 0.2) is 42.5 Å². The number of anilines is 1. The van der Waals surface area contributed by atoms with Crippen LogP contribution in [0.3, 0.4) is 0 Å². The van der Waals surface area contributed by atoms with Crippen LogP contribution >= 0.6 is 0 Å². The van der Waals surface area contributed by atoms with Crippen LogP contribution in [0.1, 0.15) is 56.4 Å². The van der Waals surface area contributed by atoms with Crippen molar-refractivity contribution < 1.29 is 18.0 Å². The third-order valence-electron chi connectivity index (χ3n) is 6.01. The van der Waals surface area contributed by atoms with E-state index in [2.05, 4.69) is 5.32 Å². The standard InChI is InChI=1S/C27H39N3O4S/c1-9-23(26(32)28-27(5,6)7)29(17-22-15-11-10-13-20(22)3)25(31)18-30(35(8,33)34)24-16-12-14-19(2)21(24)4/h10-16,23H,9,17-18H2,1-8H3,(H,28,32). The van der Waals surface area contributed by atoms with E-state index in [9.17, 15) is 18.0 Å². The molecule has 35 heavy (non-hydrogen) atoms. The van der Waals surface area contributed by atoms with Crippen LogP contribution in [-0.4, -0.2) is 49.5 Å². The maximum Gasteiger partial charge on any atom is 0.244 e. The molecule has 8 heteroatoms. The molecule has 0 aromatic heterocycles. The fourth-order valence-electron chi connectivity index (χ4n) is 3.94. The van der Waals surface area contributed by atoms with Crippen LogP contribution in [-0.2, 0) is 26.2 Å². The van der Waals surface area contributed by atoms with Gasteiger partial charge in [0.15, 0.2) is 0 Å². The lowest BCUT2D eigenvalue weighted by Gasteiger charge is -2.35. The maximum atomic E-state index is 13.8. The molecule has 0 fully saturated rings. The van der Waals surface area contributed by atoms with Gasteiger partial charge >= 0.3 is 0 Å². The van der Waals surface area contributed by atoms with E-state index in [1.807, 2.05) is 78.8 Å². The van der Waals surface area contributed by atoms with E-state index in [0.717, 1.165) is 32.8 Å². The van der Waals surface area contributed by atoms with Crippen molar-refractivity contribution in [2.45, 2.75) is 73.0 Å². The number of carbonyl (C=O) groups excluding carboxylic acids is 2. The monoisotopic (exact) mass is 501 g/mol. The van der Waals surface area contributed by atoms with E-state index in [4.69, 9.17) is 0 Å². The Bertz CT molecular complexity index is 1170. The lowest BCUT2D eigenvalue weighted by molar-refractivity contribution is -0.141. The van der Waals surface area contributed by atoms with Gasteiger partial charge in [0.05, 0.1) is 11.9 Å². The van der Waals surface area contributed by atoms with Gasteiger partial charge in [0.25, 0.3) is 0 Å². The molecule has 2 amide bonds. The van der Waals surface area contributed by atoms with Gasteiger partial charge in [-0.25, -0.2) is 8.42 Å². The number of hydrogen-bond acceptors (Lipinski definition) is 4. The molecule has 7 nitrogen and oxygen atoms in total. The highest BCUT2D eigenvalue weighted by Gasteiger charge is 2.33.